The second-order valence-electron chi connectivity index (χ2n) is 4.18. The number of alkyl halides is 3. The summed E-state index contributed by atoms with van der Waals surface area (Å²) in [4.78, 5) is 3.73. The predicted octanol–water partition coefficient (Wildman–Crippen LogP) is 3.18. The predicted molar refractivity (Wildman–Crippen MR) is 73.5 cm³/mol. The minimum atomic E-state index is -4.46. The quantitative estimate of drug-likeness (QED) is 0.890. The van der Waals surface area contributed by atoms with Gasteiger partial charge in [0.05, 0.1) is 5.56 Å². The van der Waals surface area contributed by atoms with Crippen molar-refractivity contribution in [3.8, 4) is 5.75 Å². The molecule has 0 saturated heterocycles. The van der Waals surface area contributed by atoms with Crippen molar-refractivity contribution in [1.82, 2.24) is 4.98 Å². The molecule has 0 saturated carbocycles. The van der Waals surface area contributed by atoms with Crippen molar-refractivity contribution in [2.24, 2.45) is 5.73 Å². The second kappa shape index (κ2) is 6.45. The molecule has 0 amide bonds. The van der Waals surface area contributed by atoms with Crippen molar-refractivity contribution in [1.29, 1.82) is 0 Å². The third-order valence-electron chi connectivity index (χ3n) is 2.62. The fraction of sp³-hybridized carbons (Fsp3) is 0.214. The largest absolute Gasteiger partial charge is 0.492 e. The highest BCUT2D eigenvalue weighted by Gasteiger charge is 2.34. The van der Waals surface area contributed by atoms with Crippen LogP contribution in [-0.4, -0.2) is 18.1 Å². The molecule has 1 heterocycles. The van der Waals surface area contributed by atoms with E-state index in [4.69, 9.17) is 10.5 Å². The number of nitrogens with one attached hydrogen (secondary N) is 1. The first-order valence-electron chi connectivity index (χ1n) is 6.23. The smallest absolute Gasteiger partial charge is 0.419 e. The summed E-state index contributed by atoms with van der Waals surface area (Å²) in [6, 6.07) is 8.75. The first-order valence-corrected chi connectivity index (χ1v) is 6.23. The van der Waals surface area contributed by atoms with Crippen LogP contribution in [0.3, 0.4) is 0 Å². The van der Waals surface area contributed by atoms with Gasteiger partial charge >= 0.3 is 6.18 Å². The van der Waals surface area contributed by atoms with E-state index in [0.29, 0.717) is 24.6 Å². The molecule has 0 unspecified atom stereocenters. The van der Waals surface area contributed by atoms with Crippen molar-refractivity contribution in [3.63, 3.8) is 0 Å². The maximum atomic E-state index is 12.8. The Morgan fingerprint density at radius 2 is 1.86 bits per heavy atom. The molecule has 2 aromatic rings. The van der Waals surface area contributed by atoms with E-state index in [1.807, 2.05) is 0 Å². The standard InChI is InChI=1S/C14H14F3N3O/c15-14(16,17)12-2-1-8-19-13(12)20-10-3-5-11(6-4-10)21-9-7-18/h1-6,8H,7,9,18H2,(H,19,20). The Labute approximate surface area is 119 Å². The van der Waals surface area contributed by atoms with Crippen molar-refractivity contribution >= 4 is 11.5 Å². The molecule has 7 heteroatoms. The van der Waals surface area contributed by atoms with Crippen LogP contribution in [0.5, 0.6) is 5.75 Å². The summed E-state index contributed by atoms with van der Waals surface area (Å²) in [5.74, 6) is 0.365. The summed E-state index contributed by atoms with van der Waals surface area (Å²) >= 11 is 0. The van der Waals surface area contributed by atoms with Gasteiger partial charge in [-0.05, 0) is 36.4 Å². The molecule has 0 bridgehead atoms. The maximum Gasteiger partial charge on any atom is 0.419 e. The van der Waals surface area contributed by atoms with Crippen LogP contribution < -0.4 is 15.8 Å². The summed E-state index contributed by atoms with van der Waals surface area (Å²) < 4.78 is 43.8. The molecule has 0 atom stereocenters. The molecule has 0 fully saturated rings. The van der Waals surface area contributed by atoms with Gasteiger partial charge in [-0.15, -0.1) is 0 Å². The molecule has 21 heavy (non-hydrogen) atoms. The summed E-state index contributed by atoms with van der Waals surface area (Å²) in [5.41, 5.74) is 4.99. The number of rotatable bonds is 5. The SMILES string of the molecule is NCCOc1ccc(Nc2ncccc2C(F)(F)F)cc1. The lowest BCUT2D eigenvalue weighted by Gasteiger charge is -2.13. The lowest BCUT2D eigenvalue weighted by atomic mass is 10.2. The molecular formula is C14H14F3N3O. The van der Waals surface area contributed by atoms with Crippen LogP contribution in [0.1, 0.15) is 5.56 Å². The van der Waals surface area contributed by atoms with Gasteiger partial charge in [-0.25, -0.2) is 4.98 Å². The fourth-order valence-electron chi connectivity index (χ4n) is 1.68. The number of benzene rings is 1. The van der Waals surface area contributed by atoms with E-state index in [-0.39, 0.29) is 5.82 Å². The molecular weight excluding hydrogens is 283 g/mol. The molecule has 0 aliphatic rings. The number of ether oxygens (including phenoxy) is 1. The highest BCUT2D eigenvalue weighted by molar-refractivity contribution is 5.60. The molecule has 0 aliphatic heterocycles. The van der Waals surface area contributed by atoms with Crippen molar-refractivity contribution in [2.45, 2.75) is 6.18 Å². The molecule has 1 aromatic carbocycles. The van der Waals surface area contributed by atoms with Gasteiger partial charge in [0.15, 0.2) is 0 Å². The Kier molecular flexibility index (Phi) is 4.64. The molecule has 0 spiro atoms. The highest BCUT2D eigenvalue weighted by Crippen LogP contribution is 2.34. The topological polar surface area (TPSA) is 60.2 Å². The van der Waals surface area contributed by atoms with Gasteiger partial charge in [0.2, 0.25) is 0 Å². The summed E-state index contributed by atoms with van der Waals surface area (Å²) in [6.45, 7) is 0.772. The number of aromatic nitrogens is 1. The zero-order valence-electron chi connectivity index (χ0n) is 11.0. The first-order chi connectivity index (χ1) is 10.0. The Morgan fingerprint density at radius 3 is 2.48 bits per heavy atom. The van der Waals surface area contributed by atoms with Crippen LogP contribution in [-0.2, 0) is 6.18 Å². The van der Waals surface area contributed by atoms with Crippen LogP contribution in [0.25, 0.3) is 0 Å². The Bertz CT molecular complexity index is 585. The Morgan fingerprint density at radius 1 is 1.14 bits per heavy atom. The van der Waals surface area contributed by atoms with E-state index in [9.17, 15) is 13.2 Å². The molecule has 1 aromatic heterocycles. The summed E-state index contributed by atoms with van der Waals surface area (Å²) in [5, 5.41) is 2.65. The van der Waals surface area contributed by atoms with E-state index in [1.165, 1.54) is 12.3 Å². The molecule has 3 N–H and O–H groups in total. The second-order valence-corrected chi connectivity index (χ2v) is 4.18. The van der Waals surface area contributed by atoms with E-state index in [0.717, 1.165) is 6.07 Å². The Balaban J connectivity index is 2.15. The number of hydrogen-bond acceptors (Lipinski definition) is 4. The molecule has 2 rings (SSSR count). The molecule has 4 nitrogen and oxygen atoms in total. The lowest BCUT2D eigenvalue weighted by molar-refractivity contribution is -0.137. The number of halogens is 3. The van der Waals surface area contributed by atoms with E-state index >= 15 is 0 Å². The molecule has 112 valence electrons. The number of nitrogens with two attached hydrogens (primary N) is 1. The number of anilines is 2. The molecule has 0 radical (unpaired) electrons. The summed E-state index contributed by atoms with van der Waals surface area (Å²) in [6.07, 6.45) is -3.16. The molecule has 0 aliphatic carbocycles. The van der Waals surface area contributed by atoms with Crippen LogP contribution >= 0.6 is 0 Å². The number of pyridine rings is 1. The minimum Gasteiger partial charge on any atom is -0.492 e. The first kappa shape index (κ1) is 15.1. The summed E-state index contributed by atoms with van der Waals surface area (Å²) in [7, 11) is 0. The average molecular weight is 297 g/mol. The van der Waals surface area contributed by atoms with E-state index in [1.54, 1.807) is 24.3 Å². The zero-order chi connectivity index (χ0) is 15.3. The Hall–Kier alpha value is -2.28. The van der Waals surface area contributed by atoms with Crippen LogP contribution in [0.4, 0.5) is 24.7 Å². The average Bonchev–Trinajstić information content (AvgIpc) is 2.46. The van der Waals surface area contributed by atoms with Gasteiger partial charge in [0.25, 0.3) is 0 Å². The van der Waals surface area contributed by atoms with Gasteiger partial charge in [-0.1, -0.05) is 0 Å². The van der Waals surface area contributed by atoms with Crippen LogP contribution in [0, 0.1) is 0 Å². The van der Waals surface area contributed by atoms with E-state index in [2.05, 4.69) is 10.3 Å². The monoisotopic (exact) mass is 297 g/mol. The van der Waals surface area contributed by atoms with Gasteiger partial charge in [-0.3, -0.25) is 0 Å². The van der Waals surface area contributed by atoms with E-state index < -0.39 is 11.7 Å². The van der Waals surface area contributed by atoms with Crippen molar-refractivity contribution < 1.29 is 17.9 Å². The van der Waals surface area contributed by atoms with Crippen molar-refractivity contribution in [3.05, 3.63) is 48.2 Å². The van der Waals surface area contributed by atoms with Gasteiger partial charge in [0, 0.05) is 18.4 Å². The van der Waals surface area contributed by atoms with Gasteiger partial charge in [-0.2, -0.15) is 13.2 Å². The zero-order valence-corrected chi connectivity index (χ0v) is 11.0. The number of nitrogens with zero attached hydrogens (tertiary/aromatic N) is 1. The van der Waals surface area contributed by atoms with Crippen LogP contribution in [0.2, 0.25) is 0 Å². The maximum absolute atomic E-state index is 12.8. The van der Waals surface area contributed by atoms with Gasteiger partial charge in [0.1, 0.15) is 18.2 Å². The highest BCUT2D eigenvalue weighted by atomic mass is 19.4. The van der Waals surface area contributed by atoms with Crippen LogP contribution in [0.15, 0.2) is 42.6 Å². The lowest BCUT2D eigenvalue weighted by Crippen LogP contribution is -2.11. The van der Waals surface area contributed by atoms with Crippen molar-refractivity contribution in [2.75, 3.05) is 18.5 Å². The normalized spacial score (nSPS) is 11.2. The minimum absolute atomic E-state index is 0.236. The third kappa shape index (κ3) is 4.09. The third-order valence-corrected chi connectivity index (χ3v) is 2.62. The fourth-order valence-corrected chi connectivity index (χ4v) is 1.68. The number of hydrogen-bond donors (Lipinski definition) is 2. The van der Waals surface area contributed by atoms with Gasteiger partial charge < -0.3 is 15.8 Å².